The lowest BCUT2D eigenvalue weighted by Gasteiger charge is -2.08. The molecule has 2 N–H and O–H groups in total. The summed E-state index contributed by atoms with van der Waals surface area (Å²) in [6, 6.07) is 12.8. The molecular formula is C14H11Br2NO2. The Morgan fingerprint density at radius 1 is 1.11 bits per heavy atom. The molecule has 0 aliphatic heterocycles. The SMILES string of the molecule is O=C(Cc1ccccc1)Nc1cc(Br)c(O)c(Br)c1. The highest BCUT2D eigenvalue weighted by Gasteiger charge is 2.09. The molecule has 0 bridgehead atoms. The number of benzene rings is 2. The van der Waals surface area contributed by atoms with Gasteiger partial charge in [-0.3, -0.25) is 4.79 Å². The standard InChI is InChI=1S/C14H11Br2NO2/c15-11-7-10(8-12(16)14(11)19)17-13(18)6-9-4-2-1-3-5-9/h1-5,7-8,19H,6H2,(H,17,18). The first-order valence-corrected chi connectivity index (χ1v) is 7.16. The summed E-state index contributed by atoms with van der Waals surface area (Å²) in [7, 11) is 0. The van der Waals surface area contributed by atoms with E-state index in [1.165, 1.54) is 0 Å². The normalized spacial score (nSPS) is 10.2. The van der Waals surface area contributed by atoms with Crippen LogP contribution in [0.4, 0.5) is 5.69 Å². The van der Waals surface area contributed by atoms with Crippen LogP contribution >= 0.6 is 31.9 Å². The summed E-state index contributed by atoms with van der Waals surface area (Å²) in [6.07, 6.45) is 0.316. The van der Waals surface area contributed by atoms with Crippen molar-refractivity contribution in [2.45, 2.75) is 6.42 Å². The summed E-state index contributed by atoms with van der Waals surface area (Å²) in [5, 5.41) is 12.4. The number of halogens is 2. The molecular weight excluding hydrogens is 374 g/mol. The van der Waals surface area contributed by atoms with Gasteiger partial charge in [-0.15, -0.1) is 0 Å². The smallest absolute Gasteiger partial charge is 0.228 e. The van der Waals surface area contributed by atoms with Gasteiger partial charge in [0, 0.05) is 5.69 Å². The minimum atomic E-state index is -0.101. The van der Waals surface area contributed by atoms with Gasteiger partial charge >= 0.3 is 0 Å². The molecule has 0 atom stereocenters. The first-order valence-electron chi connectivity index (χ1n) is 5.58. The van der Waals surface area contributed by atoms with Crippen LogP contribution < -0.4 is 5.32 Å². The Balaban J connectivity index is 2.07. The zero-order chi connectivity index (χ0) is 13.8. The van der Waals surface area contributed by atoms with Gasteiger partial charge in [-0.25, -0.2) is 0 Å². The number of aromatic hydroxyl groups is 1. The van der Waals surface area contributed by atoms with Crippen LogP contribution in [0, 0.1) is 0 Å². The van der Waals surface area contributed by atoms with Crippen LogP contribution in [0.5, 0.6) is 5.75 Å². The molecule has 0 spiro atoms. The number of carbonyl (C=O) groups excluding carboxylic acids is 1. The summed E-state index contributed by atoms with van der Waals surface area (Å²) in [6.45, 7) is 0. The van der Waals surface area contributed by atoms with E-state index in [1.807, 2.05) is 30.3 Å². The van der Waals surface area contributed by atoms with E-state index in [0.29, 0.717) is 21.1 Å². The van der Waals surface area contributed by atoms with Gasteiger partial charge in [-0.1, -0.05) is 30.3 Å². The maximum Gasteiger partial charge on any atom is 0.228 e. The molecule has 3 nitrogen and oxygen atoms in total. The first-order chi connectivity index (χ1) is 9.06. The minimum absolute atomic E-state index is 0.101. The average Bonchev–Trinajstić information content (AvgIpc) is 2.37. The number of phenolic OH excluding ortho intramolecular Hbond substituents is 1. The molecule has 98 valence electrons. The molecule has 1 amide bonds. The predicted molar refractivity (Wildman–Crippen MR) is 82.3 cm³/mol. The Morgan fingerprint density at radius 2 is 1.68 bits per heavy atom. The van der Waals surface area contributed by atoms with Gasteiger partial charge in [-0.2, -0.15) is 0 Å². The number of phenols is 1. The van der Waals surface area contributed by atoms with Crippen molar-refractivity contribution in [3.05, 3.63) is 57.0 Å². The number of anilines is 1. The number of hydrogen-bond acceptors (Lipinski definition) is 2. The Morgan fingerprint density at radius 3 is 2.26 bits per heavy atom. The lowest BCUT2D eigenvalue weighted by atomic mass is 10.1. The van der Waals surface area contributed by atoms with Crippen molar-refractivity contribution in [2.24, 2.45) is 0 Å². The molecule has 2 aromatic rings. The monoisotopic (exact) mass is 383 g/mol. The van der Waals surface area contributed by atoms with Crippen LogP contribution in [0.1, 0.15) is 5.56 Å². The second kappa shape index (κ2) is 6.21. The molecule has 0 aliphatic carbocycles. The molecule has 0 radical (unpaired) electrons. The summed E-state index contributed by atoms with van der Waals surface area (Å²) in [4.78, 5) is 11.9. The maximum atomic E-state index is 11.9. The Hall–Kier alpha value is -1.33. The third-order valence-corrected chi connectivity index (χ3v) is 3.72. The topological polar surface area (TPSA) is 49.3 Å². The Labute approximate surface area is 127 Å². The summed E-state index contributed by atoms with van der Waals surface area (Å²) < 4.78 is 1.05. The van der Waals surface area contributed by atoms with Gasteiger partial charge in [-0.05, 0) is 49.6 Å². The van der Waals surface area contributed by atoms with E-state index in [2.05, 4.69) is 37.2 Å². The van der Waals surface area contributed by atoms with E-state index in [-0.39, 0.29) is 11.7 Å². The van der Waals surface area contributed by atoms with Crippen LogP contribution in [-0.4, -0.2) is 11.0 Å². The third-order valence-electron chi connectivity index (χ3n) is 2.51. The zero-order valence-electron chi connectivity index (χ0n) is 9.86. The highest BCUT2D eigenvalue weighted by atomic mass is 79.9. The van der Waals surface area contributed by atoms with Crippen molar-refractivity contribution in [3.63, 3.8) is 0 Å². The number of rotatable bonds is 3. The molecule has 2 aromatic carbocycles. The molecule has 0 aliphatic rings. The predicted octanol–water partition coefficient (Wildman–Crippen LogP) is 4.10. The summed E-state index contributed by atoms with van der Waals surface area (Å²) in [5.41, 5.74) is 1.58. The Bertz CT molecular complexity index is 577. The highest BCUT2D eigenvalue weighted by molar-refractivity contribution is 9.11. The van der Waals surface area contributed by atoms with E-state index in [1.54, 1.807) is 12.1 Å². The van der Waals surface area contributed by atoms with Crippen molar-refractivity contribution in [1.29, 1.82) is 0 Å². The van der Waals surface area contributed by atoms with Crippen LogP contribution in [0.3, 0.4) is 0 Å². The van der Waals surface area contributed by atoms with Crippen molar-refractivity contribution in [1.82, 2.24) is 0 Å². The second-order valence-corrected chi connectivity index (χ2v) is 5.71. The van der Waals surface area contributed by atoms with E-state index in [9.17, 15) is 9.90 Å². The van der Waals surface area contributed by atoms with Crippen LogP contribution in [0.25, 0.3) is 0 Å². The van der Waals surface area contributed by atoms with Crippen LogP contribution in [-0.2, 0) is 11.2 Å². The largest absolute Gasteiger partial charge is 0.506 e. The van der Waals surface area contributed by atoms with Crippen molar-refractivity contribution in [2.75, 3.05) is 5.32 Å². The van der Waals surface area contributed by atoms with E-state index < -0.39 is 0 Å². The van der Waals surface area contributed by atoms with Crippen LogP contribution in [0.2, 0.25) is 0 Å². The molecule has 19 heavy (non-hydrogen) atoms. The number of amides is 1. The summed E-state index contributed by atoms with van der Waals surface area (Å²) in [5.74, 6) is 0.0109. The molecule has 2 rings (SSSR count). The van der Waals surface area contributed by atoms with E-state index >= 15 is 0 Å². The lowest BCUT2D eigenvalue weighted by Crippen LogP contribution is -2.14. The van der Waals surface area contributed by atoms with Crippen molar-refractivity contribution in [3.8, 4) is 5.75 Å². The van der Waals surface area contributed by atoms with E-state index in [0.717, 1.165) is 5.56 Å². The number of carbonyl (C=O) groups is 1. The second-order valence-electron chi connectivity index (χ2n) is 4.00. The lowest BCUT2D eigenvalue weighted by molar-refractivity contribution is -0.115. The van der Waals surface area contributed by atoms with Gasteiger partial charge in [0.05, 0.1) is 15.4 Å². The molecule has 5 heteroatoms. The fraction of sp³-hybridized carbons (Fsp3) is 0.0714. The first kappa shape index (κ1) is 14.1. The number of nitrogens with one attached hydrogen (secondary N) is 1. The Kier molecular flexibility index (Phi) is 4.61. The fourth-order valence-corrected chi connectivity index (χ4v) is 2.81. The average molecular weight is 385 g/mol. The fourth-order valence-electron chi connectivity index (χ4n) is 1.62. The molecule has 0 fully saturated rings. The molecule has 0 aromatic heterocycles. The van der Waals surface area contributed by atoms with E-state index in [4.69, 9.17) is 0 Å². The zero-order valence-corrected chi connectivity index (χ0v) is 13.0. The molecule has 0 heterocycles. The molecule has 0 saturated carbocycles. The van der Waals surface area contributed by atoms with Crippen molar-refractivity contribution < 1.29 is 9.90 Å². The van der Waals surface area contributed by atoms with Crippen molar-refractivity contribution >= 4 is 43.5 Å². The summed E-state index contributed by atoms with van der Waals surface area (Å²) >= 11 is 6.44. The number of hydrogen-bond donors (Lipinski definition) is 2. The minimum Gasteiger partial charge on any atom is -0.506 e. The van der Waals surface area contributed by atoms with Gasteiger partial charge in [0.1, 0.15) is 5.75 Å². The van der Waals surface area contributed by atoms with Gasteiger partial charge in [0.2, 0.25) is 5.91 Å². The maximum absolute atomic E-state index is 11.9. The third kappa shape index (κ3) is 3.81. The van der Waals surface area contributed by atoms with Gasteiger partial charge in [0.25, 0.3) is 0 Å². The molecule has 0 saturated heterocycles. The van der Waals surface area contributed by atoms with Gasteiger partial charge in [0.15, 0.2) is 0 Å². The highest BCUT2D eigenvalue weighted by Crippen LogP contribution is 2.35. The molecule has 0 unspecified atom stereocenters. The van der Waals surface area contributed by atoms with Gasteiger partial charge < -0.3 is 10.4 Å². The van der Waals surface area contributed by atoms with Crippen LogP contribution in [0.15, 0.2) is 51.4 Å². The quantitative estimate of drug-likeness (QED) is 0.782.